The predicted octanol–water partition coefficient (Wildman–Crippen LogP) is -5.66. The normalized spacial score (nSPS) is 53.1. The second-order valence-electron chi connectivity index (χ2n) is 6.99. The van der Waals surface area contributed by atoms with Gasteiger partial charge >= 0.3 is 0 Å². The van der Waals surface area contributed by atoms with Gasteiger partial charge < -0.3 is 64.5 Å². The predicted molar refractivity (Wildman–Crippen MR) is 83.2 cm³/mol. The van der Waals surface area contributed by atoms with E-state index in [1.165, 1.54) is 0 Å². The van der Waals surface area contributed by atoms with Crippen LogP contribution in [0.1, 0.15) is 0 Å². The smallest absolute Gasteiger partial charge is 0.186 e. The highest BCUT2D eigenvalue weighted by atomic mass is 16.7. The van der Waals surface area contributed by atoms with Crippen LogP contribution in [-0.4, -0.2) is 134 Å². The average molecular weight is 414 g/mol. The van der Waals surface area contributed by atoms with Gasteiger partial charge in [-0.1, -0.05) is 0 Å². The van der Waals surface area contributed by atoms with Gasteiger partial charge in [0.1, 0.15) is 54.9 Å². The molecule has 3 aliphatic heterocycles. The van der Waals surface area contributed by atoms with E-state index in [0.29, 0.717) is 0 Å². The first-order valence-electron chi connectivity index (χ1n) is 8.81. The molecule has 12 atom stereocenters. The number of rotatable bonds is 4. The first kappa shape index (κ1) is 22.2. The van der Waals surface area contributed by atoms with Crippen molar-refractivity contribution in [2.24, 2.45) is 0 Å². The zero-order valence-corrected chi connectivity index (χ0v) is 14.7. The van der Waals surface area contributed by atoms with E-state index in [1.54, 1.807) is 0 Å². The SMILES string of the molecule is OC1COC(OC2COC(OC3COC(O)C(O)C3O)C(O)C2O)C(O)C1O. The van der Waals surface area contributed by atoms with E-state index < -0.39 is 73.8 Å². The molecule has 0 radical (unpaired) electrons. The van der Waals surface area contributed by atoms with E-state index in [9.17, 15) is 40.9 Å². The molecule has 3 aliphatic rings. The summed E-state index contributed by atoms with van der Waals surface area (Å²) in [5.41, 5.74) is 0. The molecule has 3 heterocycles. The number of ether oxygens (including phenoxy) is 5. The molecule has 13 nitrogen and oxygen atoms in total. The fourth-order valence-electron chi connectivity index (χ4n) is 3.15. The Morgan fingerprint density at radius 2 is 0.964 bits per heavy atom. The highest BCUT2D eigenvalue weighted by Crippen LogP contribution is 2.26. The van der Waals surface area contributed by atoms with Crippen molar-refractivity contribution >= 4 is 0 Å². The molecule has 12 unspecified atom stereocenters. The van der Waals surface area contributed by atoms with E-state index in [2.05, 4.69) is 0 Å². The van der Waals surface area contributed by atoms with Crippen molar-refractivity contribution in [2.45, 2.75) is 73.8 Å². The number of aliphatic hydroxyl groups is 8. The Hall–Kier alpha value is -0.520. The van der Waals surface area contributed by atoms with Gasteiger partial charge in [0, 0.05) is 0 Å². The van der Waals surface area contributed by atoms with E-state index in [0.717, 1.165) is 0 Å². The van der Waals surface area contributed by atoms with Gasteiger partial charge in [0.2, 0.25) is 0 Å². The second-order valence-corrected chi connectivity index (χ2v) is 6.99. The third-order valence-electron chi connectivity index (χ3n) is 4.96. The Morgan fingerprint density at radius 3 is 1.57 bits per heavy atom. The Balaban J connectivity index is 1.54. The summed E-state index contributed by atoms with van der Waals surface area (Å²) in [6.07, 6.45) is -17.3. The monoisotopic (exact) mass is 414 g/mol. The van der Waals surface area contributed by atoms with Gasteiger partial charge in [0.25, 0.3) is 0 Å². The van der Waals surface area contributed by atoms with Crippen LogP contribution in [0, 0.1) is 0 Å². The molecule has 0 aliphatic carbocycles. The minimum Gasteiger partial charge on any atom is -0.388 e. The van der Waals surface area contributed by atoms with Crippen molar-refractivity contribution in [3.63, 3.8) is 0 Å². The molecule has 0 aromatic carbocycles. The first-order chi connectivity index (χ1) is 13.2. The average Bonchev–Trinajstić information content (AvgIpc) is 2.68. The van der Waals surface area contributed by atoms with Crippen LogP contribution in [0.15, 0.2) is 0 Å². The van der Waals surface area contributed by atoms with Crippen LogP contribution in [0.25, 0.3) is 0 Å². The molecule has 13 heteroatoms. The molecule has 0 aromatic heterocycles. The molecule has 8 N–H and O–H groups in total. The lowest BCUT2D eigenvalue weighted by Gasteiger charge is -2.43. The minimum absolute atomic E-state index is 0.287. The fourth-order valence-corrected chi connectivity index (χ4v) is 3.15. The van der Waals surface area contributed by atoms with Crippen LogP contribution in [0.2, 0.25) is 0 Å². The molecule has 28 heavy (non-hydrogen) atoms. The topological polar surface area (TPSA) is 208 Å². The third-order valence-corrected chi connectivity index (χ3v) is 4.96. The van der Waals surface area contributed by atoms with Gasteiger partial charge in [0.15, 0.2) is 18.9 Å². The van der Waals surface area contributed by atoms with Crippen LogP contribution in [0.5, 0.6) is 0 Å². The maximum Gasteiger partial charge on any atom is 0.186 e. The molecule has 164 valence electrons. The van der Waals surface area contributed by atoms with E-state index >= 15 is 0 Å². The largest absolute Gasteiger partial charge is 0.388 e. The van der Waals surface area contributed by atoms with E-state index in [-0.39, 0.29) is 19.8 Å². The summed E-state index contributed by atoms with van der Waals surface area (Å²) in [7, 11) is 0. The fraction of sp³-hybridized carbons (Fsp3) is 1.00. The van der Waals surface area contributed by atoms with Gasteiger partial charge in [-0.25, -0.2) is 0 Å². The van der Waals surface area contributed by atoms with Crippen molar-refractivity contribution in [2.75, 3.05) is 19.8 Å². The van der Waals surface area contributed by atoms with Gasteiger partial charge in [-0.2, -0.15) is 0 Å². The molecular formula is C15H26O13. The molecule has 0 spiro atoms. The van der Waals surface area contributed by atoms with Crippen molar-refractivity contribution in [3.05, 3.63) is 0 Å². The summed E-state index contributed by atoms with van der Waals surface area (Å²) in [5, 5.41) is 78.3. The molecule has 3 rings (SSSR count). The zero-order chi connectivity index (χ0) is 20.6. The zero-order valence-electron chi connectivity index (χ0n) is 14.7. The van der Waals surface area contributed by atoms with Gasteiger partial charge in [-0.15, -0.1) is 0 Å². The maximum absolute atomic E-state index is 10.3. The quantitative estimate of drug-likeness (QED) is 0.216. The molecule has 3 fully saturated rings. The van der Waals surface area contributed by atoms with Crippen LogP contribution < -0.4 is 0 Å². The minimum atomic E-state index is -1.63. The number of aliphatic hydroxyl groups excluding tert-OH is 8. The van der Waals surface area contributed by atoms with Crippen molar-refractivity contribution < 1.29 is 64.5 Å². The van der Waals surface area contributed by atoms with Crippen LogP contribution in [0.4, 0.5) is 0 Å². The summed E-state index contributed by atoms with van der Waals surface area (Å²) >= 11 is 0. The lowest BCUT2D eigenvalue weighted by Crippen LogP contribution is -2.61. The summed E-state index contributed by atoms with van der Waals surface area (Å²) < 4.78 is 25.9. The van der Waals surface area contributed by atoms with Crippen molar-refractivity contribution in [1.82, 2.24) is 0 Å². The standard InChI is InChI=1S/C15H26O13/c16-4-1-25-14(11(21)7(4)17)28-6-3-26-15(12(22)9(6)19)27-5-2-24-13(23)10(20)8(5)18/h4-23H,1-3H2. The number of hydrogen-bond donors (Lipinski definition) is 8. The van der Waals surface area contributed by atoms with Crippen molar-refractivity contribution in [1.29, 1.82) is 0 Å². The second kappa shape index (κ2) is 9.09. The maximum atomic E-state index is 10.3. The van der Waals surface area contributed by atoms with Crippen LogP contribution in [-0.2, 0) is 23.7 Å². The van der Waals surface area contributed by atoms with E-state index in [1.807, 2.05) is 0 Å². The molecule has 0 bridgehead atoms. The molecule has 0 aromatic rings. The van der Waals surface area contributed by atoms with Crippen LogP contribution >= 0.6 is 0 Å². The Labute approximate surface area is 159 Å². The lowest BCUT2D eigenvalue weighted by atomic mass is 10.0. The highest BCUT2D eigenvalue weighted by molar-refractivity contribution is 4.89. The van der Waals surface area contributed by atoms with Gasteiger partial charge in [0.05, 0.1) is 19.8 Å². The van der Waals surface area contributed by atoms with Gasteiger partial charge in [-0.3, -0.25) is 0 Å². The summed E-state index contributed by atoms with van der Waals surface area (Å²) in [6.45, 7) is -0.887. The summed E-state index contributed by atoms with van der Waals surface area (Å²) in [5.74, 6) is 0. The molecular weight excluding hydrogens is 388 g/mol. The van der Waals surface area contributed by atoms with Crippen molar-refractivity contribution in [3.8, 4) is 0 Å². The molecule has 0 amide bonds. The number of hydrogen-bond acceptors (Lipinski definition) is 13. The Morgan fingerprint density at radius 1 is 0.500 bits per heavy atom. The Kier molecular flexibility index (Phi) is 7.20. The third kappa shape index (κ3) is 4.46. The van der Waals surface area contributed by atoms with Crippen LogP contribution in [0.3, 0.4) is 0 Å². The highest BCUT2D eigenvalue weighted by Gasteiger charge is 2.47. The summed E-state index contributed by atoms with van der Waals surface area (Å²) in [4.78, 5) is 0. The summed E-state index contributed by atoms with van der Waals surface area (Å²) in [6, 6.07) is 0. The lowest BCUT2D eigenvalue weighted by molar-refractivity contribution is -0.346. The molecule has 0 saturated carbocycles. The van der Waals surface area contributed by atoms with E-state index in [4.69, 9.17) is 23.7 Å². The Bertz CT molecular complexity index is 464. The first-order valence-corrected chi connectivity index (χ1v) is 8.81. The van der Waals surface area contributed by atoms with Gasteiger partial charge in [-0.05, 0) is 0 Å². The molecule has 3 saturated heterocycles.